The Bertz CT molecular complexity index is 463. The highest BCUT2D eigenvalue weighted by Gasteiger charge is 2.20. The molecule has 0 radical (unpaired) electrons. The molecule has 0 saturated carbocycles. The molecule has 0 unspecified atom stereocenters. The van der Waals surface area contributed by atoms with Crippen molar-refractivity contribution in [3.8, 4) is 0 Å². The fourth-order valence-corrected chi connectivity index (χ4v) is 2.79. The Hall–Kier alpha value is -0.945. The number of halogens is 1. The zero-order valence-electron chi connectivity index (χ0n) is 12.8. The summed E-state index contributed by atoms with van der Waals surface area (Å²) in [5.41, 5.74) is 0.864. The monoisotopic (exact) mass is 294 g/mol. The predicted molar refractivity (Wildman–Crippen MR) is 82.8 cm³/mol. The second-order valence-electron chi connectivity index (χ2n) is 6.20. The summed E-state index contributed by atoms with van der Waals surface area (Å²) in [5, 5.41) is 18.3. The van der Waals surface area contributed by atoms with Crippen molar-refractivity contribution in [2.75, 3.05) is 32.7 Å². The number of piperazine rings is 1. The molecule has 2 N–H and O–H groups in total. The molecule has 2 rings (SSSR count). The van der Waals surface area contributed by atoms with Gasteiger partial charge in [-0.1, -0.05) is 26.0 Å². The van der Waals surface area contributed by atoms with Crippen molar-refractivity contribution in [1.82, 2.24) is 9.80 Å². The van der Waals surface area contributed by atoms with E-state index in [1.807, 2.05) is 0 Å². The molecule has 21 heavy (non-hydrogen) atoms. The van der Waals surface area contributed by atoms with Crippen LogP contribution in [0.5, 0.6) is 0 Å². The molecule has 0 aromatic heterocycles. The van der Waals surface area contributed by atoms with Gasteiger partial charge in [0.05, 0.1) is 0 Å². The Morgan fingerprint density at radius 2 is 1.76 bits per heavy atom. The lowest BCUT2D eigenvalue weighted by atomic mass is 9.79. The van der Waals surface area contributed by atoms with Crippen LogP contribution in [0.15, 0.2) is 18.2 Å². The molecule has 1 aromatic carbocycles. The van der Waals surface area contributed by atoms with Gasteiger partial charge in [-0.05, 0) is 17.5 Å². The maximum absolute atomic E-state index is 13.4. The van der Waals surface area contributed by atoms with E-state index in [1.165, 1.54) is 6.07 Å². The molecule has 1 fully saturated rings. The Morgan fingerprint density at radius 1 is 1.14 bits per heavy atom. The number of rotatable bonds is 5. The molecular weight excluding hydrogens is 270 g/mol. The zero-order valence-corrected chi connectivity index (χ0v) is 12.8. The third-order valence-electron chi connectivity index (χ3n) is 3.83. The molecule has 1 saturated heterocycles. The van der Waals surface area contributed by atoms with E-state index in [9.17, 15) is 4.39 Å². The van der Waals surface area contributed by atoms with Gasteiger partial charge in [0.15, 0.2) is 0 Å². The highest BCUT2D eigenvalue weighted by molar-refractivity contribution is 6.58. The minimum atomic E-state index is -1.76. The first-order chi connectivity index (χ1) is 9.95. The molecule has 0 bridgehead atoms. The average molecular weight is 294 g/mol. The van der Waals surface area contributed by atoms with Crippen LogP contribution in [0, 0.1) is 11.7 Å². The Balaban J connectivity index is 1.90. The van der Waals surface area contributed by atoms with Crippen molar-refractivity contribution in [3.63, 3.8) is 0 Å². The Labute approximate surface area is 126 Å². The van der Waals surface area contributed by atoms with E-state index >= 15 is 0 Å². The Morgan fingerprint density at radius 3 is 2.33 bits per heavy atom. The molecule has 1 heterocycles. The quantitative estimate of drug-likeness (QED) is 0.766. The fourth-order valence-electron chi connectivity index (χ4n) is 2.79. The molecule has 116 valence electrons. The highest BCUT2D eigenvalue weighted by Crippen LogP contribution is 2.10. The van der Waals surface area contributed by atoms with Gasteiger partial charge in [0.25, 0.3) is 0 Å². The first kappa shape index (κ1) is 16.4. The molecule has 0 spiro atoms. The molecular formula is C15H24BFN2O2. The molecule has 6 heteroatoms. The summed E-state index contributed by atoms with van der Waals surface area (Å²) in [6, 6.07) is 4.56. The molecule has 4 nitrogen and oxygen atoms in total. The predicted octanol–water partition coefficient (Wildman–Crippen LogP) is 0.279. The van der Waals surface area contributed by atoms with Crippen LogP contribution in [0.2, 0.25) is 0 Å². The summed E-state index contributed by atoms with van der Waals surface area (Å²) in [6.45, 7) is 10.4. The van der Waals surface area contributed by atoms with Crippen LogP contribution in [0.1, 0.15) is 19.4 Å². The first-order valence-corrected chi connectivity index (χ1v) is 7.55. The molecule has 0 aliphatic carbocycles. The smallest absolute Gasteiger partial charge is 0.423 e. The SMILES string of the molecule is CC(C)CN1CCN(Cc2ccc(F)c(B(O)O)c2)CC1. The number of nitrogens with zero attached hydrogens (tertiary/aromatic N) is 2. The molecule has 1 aliphatic heterocycles. The van der Waals surface area contributed by atoms with Crippen LogP contribution in [-0.2, 0) is 6.54 Å². The second kappa shape index (κ2) is 7.36. The maximum atomic E-state index is 13.4. The Kier molecular flexibility index (Phi) is 5.76. The molecule has 0 amide bonds. The van der Waals surface area contributed by atoms with Crippen LogP contribution in [-0.4, -0.2) is 59.7 Å². The van der Waals surface area contributed by atoms with Gasteiger partial charge in [-0.15, -0.1) is 0 Å². The standard InChI is InChI=1S/C15H24BFN2O2/c1-12(2)10-18-5-7-19(8-6-18)11-13-3-4-15(17)14(9-13)16(20)21/h3-4,9,12,20-21H,5-8,10-11H2,1-2H3. The van der Waals surface area contributed by atoms with Gasteiger partial charge in [-0.2, -0.15) is 0 Å². The third-order valence-corrected chi connectivity index (χ3v) is 3.83. The van der Waals surface area contributed by atoms with Gasteiger partial charge in [-0.25, -0.2) is 4.39 Å². The van der Waals surface area contributed by atoms with Crippen LogP contribution in [0.4, 0.5) is 4.39 Å². The summed E-state index contributed by atoms with van der Waals surface area (Å²) in [4.78, 5) is 4.78. The summed E-state index contributed by atoms with van der Waals surface area (Å²) in [5.74, 6) is 0.109. The van der Waals surface area contributed by atoms with E-state index in [-0.39, 0.29) is 5.46 Å². The lowest BCUT2D eigenvalue weighted by molar-refractivity contribution is 0.117. The largest absolute Gasteiger partial charge is 0.491 e. The van der Waals surface area contributed by atoms with Crippen molar-refractivity contribution in [1.29, 1.82) is 0 Å². The summed E-state index contributed by atoms with van der Waals surface area (Å²) < 4.78 is 13.4. The molecule has 1 aliphatic rings. The van der Waals surface area contributed by atoms with Crippen molar-refractivity contribution in [2.24, 2.45) is 5.92 Å². The number of hydrogen-bond donors (Lipinski definition) is 2. The summed E-state index contributed by atoms with van der Waals surface area (Å²) >= 11 is 0. The average Bonchev–Trinajstić information content (AvgIpc) is 2.42. The van der Waals surface area contributed by atoms with Gasteiger partial charge < -0.3 is 14.9 Å². The highest BCUT2D eigenvalue weighted by atomic mass is 19.1. The topological polar surface area (TPSA) is 46.9 Å². The fraction of sp³-hybridized carbons (Fsp3) is 0.600. The molecule has 1 aromatic rings. The van der Waals surface area contributed by atoms with Crippen LogP contribution < -0.4 is 5.46 Å². The van der Waals surface area contributed by atoms with Gasteiger partial charge in [0, 0.05) is 44.7 Å². The zero-order chi connectivity index (χ0) is 15.4. The van der Waals surface area contributed by atoms with Crippen molar-refractivity contribution >= 4 is 12.6 Å². The van der Waals surface area contributed by atoms with Gasteiger partial charge in [0.1, 0.15) is 5.82 Å². The van der Waals surface area contributed by atoms with E-state index < -0.39 is 12.9 Å². The van der Waals surface area contributed by atoms with E-state index in [2.05, 4.69) is 23.6 Å². The normalized spacial score (nSPS) is 17.4. The van der Waals surface area contributed by atoms with Crippen LogP contribution in [0.25, 0.3) is 0 Å². The second-order valence-corrected chi connectivity index (χ2v) is 6.20. The first-order valence-electron chi connectivity index (χ1n) is 7.55. The molecule has 0 atom stereocenters. The van der Waals surface area contributed by atoms with E-state index in [0.717, 1.165) is 44.8 Å². The minimum absolute atomic E-state index is 0.0501. The minimum Gasteiger partial charge on any atom is -0.423 e. The summed E-state index contributed by atoms with van der Waals surface area (Å²) in [7, 11) is -1.76. The van der Waals surface area contributed by atoms with Gasteiger partial charge in [0.2, 0.25) is 0 Å². The third kappa shape index (κ3) is 4.78. The van der Waals surface area contributed by atoms with Gasteiger partial charge in [-0.3, -0.25) is 4.90 Å². The van der Waals surface area contributed by atoms with Crippen LogP contribution >= 0.6 is 0 Å². The van der Waals surface area contributed by atoms with Gasteiger partial charge >= 0.3 is 7.12 Å². The number of benzene rings is 1. The van der Waals surface area contributed by atoms with Crippen LogP contribution in [0.3, 0.4) is 0 Å². The number of hydrogen-bond acceptors (Lipinski definition) is 4. The van der Waals surface area contributed by atoms with Crippen molar-refractivity contribution < 1.29 is 14.4 Å². The lowest BCUT2D eigenvalue weighted by Crippen LogP contribution is -2.47. The van der Waals surface area contributed by atoms with E-state index in [4.69, 9.17) is 10.0 Å². The van der Waals surface area contributed by atoms with E-state index in [1.54, 1.807) is 12.1 Å². The maximum Gasteiger partial charge on any atom is 0.491 e. The van der Waals surface area contributed by atoms with E-state index in [0.29, 0.717) is 5.92 Å². The van der Waals surface area contributed by atoms with Crippen molar-refractivity contribution in [2.45, 2.75) is 20.4 Å². The lowest BCUT2D eigenvalue weighted by Gasteiger charge is -2.35. The van der Waals surface area contributed by atoms with Crippen molar-refractivity contribution in [3.05, 3.63) is 29.6 Å². The summed E-state index contributed by atoms with van der Waals surface area (Å²) in [6.07, 6.45) is 0.